The van der Waals surface area contributed by atoms with Gasteiger partial charge in [0.2, 0.25) is 0 Å². The summed E-state index contributed by atoms with van der Waals surface area (Å²) in [6, 6.07) is 0. The molecule has 0 aromatic heterocycles. The van der Waals surface area contributed by atoms with Crippen LogP contribution >= 0.6 is 0 Å². The molecule has 0 unspecified atom stereocenters. The first-order chi connectivity index (χ1) is 2.91. The molecule has 0 fully saturated rings. The molecule has 0 aromatic carbocycles. The maximum Gasteiger partial charge on any atom is 0.312 e. The molecule has 6 heavy (non-hydrogen) atoms. The molecule has 0 aliphatic carbocycles. The Hall–Kier alpha value is -0.570. The van der Waals surface area contributed by atoms with Crippen molar-refractivity contribution < 1.29 is 9.63 Å². The van der Waals surface area contributed by atoms with Gasteiger partial charge in [-0.05, 0) is 6.92 Å². The largest absolute Gasteiger partial charge is 0.374 e. The third-order valence-corrected chi connectivity index (χ3v) is 0.276. The Morgan fingerprint density at radius 1 is 2.00 bits per heavy atom. The maximum absolute atomic E-state index is 9.28. The van der Waals surface area contributed by atoms with Gasteiger partial charge < -0.3 is 4.84 Å². The number of hydrogen-bond acceptors (Lipinski definition) is 3. The number of hydrogen-bond donors (Lipinski definition) is 1. The molecule has 0 spiro atoms. The normalized spacial score (nSPS) is 7.50. The minimum Gasteiger partial charge on any atom is -0.374 e. The van der Waals surface area contributed by atoms with Crippen molar-refractivity contribution in [2.24, 2.45) is 0 Å². The second kappa shape index (κ2) is 4.43. The van der Waals surface area contributed by atoms with E-state index in [4.69, 9.17) is 0 Å². The molecule has 0 saturated heterocycles. The topological polar surface area (TPSA) is 38.3 Å². The average Bonchev–Trinajstić information content (AvgIpc) is 1.61. The first kappa shape index (κ1) is 5.43. The predicted octanol–water partition coefficient (Wildman–Crippen LogP) is -0.316. The molecular formula is C3H7NO2. The summed E-state index contributed by atoms with van der Waals surface area (Å²) in [5.41, 5.74) is 2.33. The van der Waals surface area contributed by atoms with Gasteiger partial charge in [-0.25, -0.2) is 0 Å². The van der Waals surface area contributed by atoms with E-state index in [1.54, 1.807) is 0 Å². The van der Waals surface area contributed by atoms with Crippen LogP contribution in [0.3, 0.4) is 0 Å². The summed E-state index contributed by atoms with van der Waals surface area (Å²) in [5, 5.41) is 0. The van der Waals surface area contributed by atoms with E-state index in [0.29, 0.717) is 13.0 Å². The lowest BCUT2D eigenvalue weighted by molar-refractivity contribution is -0.135. The molecule has 0 bridgehead atoms. The molecule has 0 amide bonds. The standard InChI is InChI=1S/C3H7NO2/c1-2-4-6-3-5/h3-4H,2H2,1H3. The van der Waals surface area contributed by atoms with Crippen LogP contribution in [0.1, 0.15) is 6.92 Å². The van der Waals surface area contributed by atoms with Crippen LogP contribution < -0.4 is 5.48 Å². The first-order valence-corrected chi connectivity index (χ1v) is 1.74. The lowest BCUT2D eigenvalue weighted by atomic mass is 10.8. The first-order valence-electron chi connectivity index (χ1n) is 1.74. The summed E-state index contributed by atoms with van der Waals surface area (Å²) < 4.78 is 0. The Bertz CT molecular complexity index is 37.8. The average molecular weight is 89.1 g/mol. The number of nitrogens with one attached hydrogen (secondary N) is 1. The lowest BCUT2D eigenvalue weighted by Crippen LogP contribution is -2.11. The maximum atomic E-state index is 9.28. The van der Waals surface area contributed by atoms with E-state index >= 15 is 0 Å². The van der Waals surface area contributed by atoms with Crippen molar-refractivity contribution in [2.75, 3.05) is 6.54 Å². The highest BCUT2D eigenvalue weighted by atomic mass is 16.7. The van der Waals surface area contributed by atoms with Gasteiger partial charge in [0.25, 0.3) is 0 Å². The van der Waals surface area contributed by atoms with Gasteiger partial charge in [0.05, 0.1) is 0 Å². The van der Waals surface area contributed by atoms with Crippen molar-refractivity contribution in [1.29, 1.82) is 0 Å². The van der Waals surface area contributed by atoms with Crippen molar-refractivity contribution in [3.63, 3.8) is 0 Å². The fourth-order valence-corrected chi connectivity index (χ4v) is 0.117. The molecule has 0 rings (SSSR count). The molecule has 0 heterocycles. The third kappa shape index (κ3) is 3.43. The van der Waals surface area contributed by atoms with Gasteiger partial charge >= 0.3 is 6.47 Å². The van der Waals surface area contributed by atoms with Crippen LogP contribution in [-0.2, 0) is 9.63 Å². The van der Waals surface area contributed by atoms with Crippen LogP contribution in [0, 0.1) is 0 Å². The van der Waals surface area contributed by atoms with Gasteiger partial charge in [-0.15, -0.1) is 0 Å². The summed E-state index contributed by atoms with van der Waals surface area (Å²) >= 11 is 0. The summed E-state index contributed by atoms with van der Waals surface area (Å²) in [6.07, 6.45) is 0. The summed E-state index contributed by atoms with van der Waals surface area (Å²) in [7, 11) is 0. The van der Waals surface area contributed by atoms with Crippen molar-refractivity contribution in [3.05, 3.63) is 0 Å². The molecule has 0 aromatic rings. The van der Waals surface area contributed by atoms with Crippen LogP contribution in [0.4, 0.5) is 0 Å². The fourth-order valence-electron chi connectivity index (χ4n) is 0.117. The summed E-state index contributed by atoms with van der Waals surface area (Å²) in [6.45, 7) is 2.84. The minimum atomic E-state index is 0.351. The van der Waals surface area contributed by atoms with Gasteiger partial charge in [-0.3, -0.25) is 4.79 Å². The van der Waals surface area contributed by atoms with Crippen LogP contribution in [0.5, 0.6) is 0 Å². The van der Waals surface area contributed by atoms with Gasteiger partial charge in [0.1, 0.15) is 0 Å². The Kier molecular flexibility index (Phi) is 4.01. The molecular weight excluding hydrogens is 82.0 g/mol. The summed E-state index contributed by atoms with van der Waals surface area (Å²) in [4.78, 5) is 13.3. The molecule has 0 aliphatic rings. The van der Waals surface area contributed by atoms with Crippen LogP contribution in [0.25, 0.3) is 0 Å². The fraction of sp³-hybridized carbons (Fsp3) is 0.667. The van der Waals surface area contributed by atoms with E-state index in [2.05, 4.69) is 10.3 Å². The predicted molar refractivity (Wildman–Crippen MR) is 20.8 cm³/mol. The van der Waals surface area contributed by atoms with E-state index in [9.17, 15) is 4.79 Å². The van der Waals surface area contributed by atoms with Gasteiger partial charge in [-0.2, -0.15) is 5.48 Å². The van der Waals surface area contributed by atoms with E-state index in [1.807, 2.05) is 6.92 Å². The van der Waals surface area contributed by atoms with Crippen molar-refractivity contribution in [1.82, 2.24) is 5.48 Å². The highest BCUT2D eigenvalue weighted by Gasteiger charge is 1.67. The second-order valence-electron chi connectivity index (χ2n) is 0.712. The quantitative estimate of drug-likeness (QED) is 0.292. The van der Waals surface area contributed by atoms with Crippen molar-refractivity contribution in [2.45, 2.75) is 6.92 Å². The minimum absolute atomic E-state index is 0.351. The van der Waals surface area contributed by atoms with Gasteiger partial charge in [-0.1, -0.05) is 0 Å². The highest BCUT2D eigenvalue weighted by Crippen LogP contribution is 1.49. The molecule has 3 heteroatoms. The molecule has 0 atom stereocenters. The molecule has 1 N–H and O–H groups in total. The van der Waals surface area contributed by atoms with E-state index in [0.717, 1.165) is 0 Å². The zero-order valence-corrected chi connectivity index (χ0v) is 3.60. The Labute approximate surface area is 36.2 Å². The number of rotatable bonds is 3. The van der Waals surface area contributed by atoms with Crippen LogP contribution in [-0.4, -0.2) is 13.0 Å². The Balaban J connectivity index is 2.49. The van der Waals surface area contributed by atoms with Crippen LogP contribution in [0.2, 0.25) is 0 Å². The zero-order chi connectivity index (χ0) is 4.83. The molecule has 0 aliphatic heterocycles. The zero-order valence-electron chi connectivity index (χ0n) is 3.60. The molecule has 0 saturated carbocycles. The van der Waals surface area contributed by atoms with E-state index in [1.165, 1.54) is 0 Å². The van der Waals surface area contributed by atoms with Crippen LogP contribution in [0.15, 0.2) is 0 Å². The third-order valence-electron chi connectivity index (χ3n) is 0.276. The Morgan fingerprint density at radius 2 is 2.67 bits per heavy atom. The second-order valence-corrected chi connectivity index (χ2v) is 0.712. The SMILES string of the molecule is CCNOC=O. The smallest absolute Gasteiger partial charge is 0.312 e. The number of hydroxylamine groups is 1. The molecule has 36 valence electrons. The van der Waals surface area contributed by atoms with Crippen molar-refractivity contribution >= 4 is 6.47 Å². The molecule has 3 nitrogen and oxygen atoms in total. The van der Waals surface area contributed by atoms with Crippen molar-refractivity contribution in [3.8, 4) is 0 Å². The number of carbonyl (C=O) groups is 1. The summed E-state index contributed by atoms with van der Waals surface area (Å²) in [5.74, 6) is 0. The van der Waals surface area contributed by atoms with Gasteiger partial charge in [0.15, 0.2) is 0 Å². The highest BCUT2D eigenvalue weighted by molar-refractivity contribution is 5.36. The monoisotopic (exact) mass is 89.0 g/mol. The lowest BCUT2D eigenvalue weighted by Gasteiger charge is -1.89. The van der Waals surface area contributed by atoms with E-state index in [-0.39, 0.29) is 0 Å². The van der Waals surface area contributed by atoms with Gasteiger partial charge in [0, 0.05) is 6.54 Å². The van der Waals surface area contributed by atoms with E-state index < -0.39 is 0 Å². The number of carbonyl (C=O) groups excluding carboxylic acids is 1. The Morgan fingerprint density at radius 3 is 2.83 bits per heavy atom. The molecule has 0 radical (unpaired) electrons.